The highest BCUT2D eigenvalue weighted by molar-refractivity contribution is 6.38. The number of rotatable bonds is 4. The summed E-state index contributed by atoms with van der Waals surface area (Å²) in [5.74, 6) is 0.639. The molecule has 0 N–H and O–H groups in total. The molecule has 0 unspecified atom stereocenters. The Bertz CT molecular complexity index is 1320. The monoisotopic (exact) mass is 509 g/mol. The van der Waals surface area contributed by atoms with Crippen LogP contribution >= 0.6 is 23.2 Å². The van der Waals surface area contributed by atoms with Crippen LogP contribution in [-0.2, 0) is 13.5 Å². The van der Waals surface area contributed by atoms with Crippen molar-refractivity contribution in [1.82, 2.24) is 9.47 Å². The van der Waals surface area contributed by atoms with E-state index in [0.29, 0.717) is 38.9 Å². The van der Waals surface area contributed by atoms with Gasteiger partial charge in [-0.2, -0.15) is 5.26 Å². The Hall–Kier alpha value is -2.48. The minimum Gasteiger partial charge on any atom is -0.347 e. The van der Waals surface area contributed by atoms with Crippen molar-refractivity contribution in [2.45, 2.75) is 53.4 Å². The van der Waals surface area contributed by atoms with E-state index >= 15 is 0 Å². The highest BCUT2D eigenvalue weighted by Gasteiger charge is 2.28. The second-order valence-electron chi connectivity index (χ2n) is 11.1. The molecule has 6 heteroatoms. The third kappa shape index (κ3) is 5.37. The zero-order valence-corrected chi connectivity index (χ0v) is 22.7. The van der Waals surface area contributed by atoms with E-state index in [4.69, 9.17) is 23.2 Å². The lowest BCUT2D eigenvalue weighted by Crippen LogP contribution is -2.39. The van der Waals surface area contributed by atoms with E-state index in [9.17, 15) is 10.1 Å². The number of carbonyl (C=O) groups excluding carboxylic acids is 1. The molecule has 1 aliphatic heterocycles. The molecule has 0 saturated carbocycles. The maximum absolute atomic E-state index is 13.4. The minimum atomic E-state index is -0.0197. The summed E-state index contributed by atoms with van der Waals surface area (Å²) in [5, 5.41) is 11.4. The third-order valence-corrected chi connectivity index (χ3v) is 7.96. The Morgan fingerprint density at radius 2 is 1.83 bits per heavy atom. The first-order valence-corrected chi connectivity index (χ1v) is 13.0. The number of halogens is 2. The summed E-state index contributed by atoms with van der Waals surface area (Å²) in [6.07, 6.45) is 3.74. The molecule has 0 radical (unpaired) electrons. The molecule has 1 amide bonds. The number of benzene rings is 2. The zero-order chi connectivity index (χ0) is 25.5. The molecule has 35 heavy (non-hydrogen) atoms. The summed E-state index contributed by atoms with van der Waals surface area (Å²) in [7, 11) is 1.98. The summed E-state index contributed by atoms with van der Waals surface area (Å²) in [6, 6.07) is 11.7. The molecule has 3 aromatic rings. The second kappa shape index (κ2) is 9.88. The normalized spacial score (nSPS) is 15.0. The number of nitrogens with zero attached hydrogens (tertiary/aromatic N) is 3. The molecule has 4 nitrogen and oxygen atoms in total. The summed E-state index contributed by atoms with van der Waals surface area (Å²) in [4.78, 5) is 15.3. The van der Waals surface area contributed by atoms with Gasteiger partial charge in [-0.15, -0.1) is 0 Å². The number of hydrogen-bond donors (Lipinski definition) is 0. The maximum Gasteiger partial charge on any atom is 0.255 e. The number of carbonyl (C=O) groups is 1. The van der Waals surface area contributed by atoms with E-state index in [-0.39, 0.29) is 5.91 Å². The van der Waals surface area contributed by atoms with Crippen LogP contribution in [0.15, 0.2) is 30.3 Å². The number of likely N-dealkylation sites (tertiary alicyclic amines) is 1. The number of piperidine rings is 1. The fourth-order valence-electron chi connectivity index (χ4n) is 5.38. The second-order valence-corrected chi connectivity index (χ2v) is 11.9. The summed E-state index contributed by atoms with van der Waals surface area (Å²) in [5.41, 5.74) is 5.29. The standard InChI is InChI=1S/C29H33Cl2N3O/c1-18-12-20(17-32)13-26-23(18)14-21(33(26)5)15-24-25(30)7-6-22(27(24)31)28(35)34-10-8-19(9-11-34)16-29(2,3)4/h6-7,12-14,19H,8-11,15-16H2,1-5H3. The minimum absolute atomic E-state index is 0.0197. The first-order valence-electron chi connectivity index (χ1n) is 12.2. The molecular weight excluding hydrogens is 477 g/mol. The largest absolute Gasteiger partial charge is 0.347 e. The molecule has 1 saturated heterocycles. The molecule has 1 aromatic heterocycles. The van der Waals surface area contributed by atoms with Crippen LogP contribution in [0.2, 0.25) is 10.0 Å². The van der Waals surface area contributed by atoms with Crippen molar-refractivity contribution in [1.29, 1.82) is 5.26 Å². The number of aryl methyl sites for hydroxylation is 2. The fourth-order valence-corrected chi connectivity index (χ4v) is 5.96. The van der Waals surface area contributed by atoms with Crippen molar-refractivity contribution in [3.63, 3.8) is 0 Å². The van der Waals surface area contributed by atoms with Crippen LogP contribution < -0.4 is 0 Å². The van der Waals surface area contributed by atoms with Crippen molar-refractivity contribution in [3.05, 3.63) is 68.3 Å². The van der Waals surface area contributed by atoms with Gasteiger partial charge in [0.05, 0.1) is 22.2 Å². The van der Waals surface area contributed by atoms with Crippen LogP contribution in [0.5, 0.6) is 0 Å². The Balaban J connectivity index is 1.59. The lowest BCUT2D eigenvalue weighted by atomic mass is 9.80. The SMILES string of the molecule is Cc1cc(C#N)cc2c1cc(Cc1c(Cl)ccc(C(=O)N3CCC(CC(C)(C)C)CC3)c1Cl)n2C. The zero-order valence-electron chi connectivity index (χ0n) is 21.2. The Labute approximate surface area is 218 Å². The smallest absolute Gasteiger partial charge is 0.255 e. The van der Waals surface area contributed by atoms with E-state index in [1.165, 1.54) is 6.42 Å². The van der Waals surface area contributed by atoms with Gasteiger partial charge in [-0.3, -0.25) is 4.79 Å². The van der Waals surface area contributed by atoms with Gasteiger partial charge in [-0.25, -0.2) is 0 Å². The number of amides is 1. The van der Waals surface area contributed by atoms with Crippen LogP contribution in [-0.4, -0.2) is 28.5 Å². The topological polar surface area (TPSA) is 49.0 Å². The van der Waals surface area contributed by atoms with Crippen molar-refractivity contribution < 1.29 is 4.79 Å². The Morgan fingerprint density at radius 3 is 2.46 bits per heavy atom. The number of hydrogen-bond acceptors (Lipinski definition) is 2. The number of fused-ring (bicyclic) bond motifs is 1. The average Bonchev–Trinajstić information content (AvgIpc) is 3.11. The van der Waals surface area contributed by atoms with E-state index in [1.54, 1.807) is 12.1 Å². The van der Waals surface area contributed by atoms with E-state index in [2.05, 4.69) is 37.5 Å². The molecule has 1 aliphatic rings. The first-order chi connectivity index (χ1) is 16.5. The highest BCUT2D eigenvalue weighted by atomic mass is 35.5. The van der Waals surface area contributed by atoms with Gasteiger partial charge >= 0.3 is 0 Å². The molecule has 0 aliphatic carbocycles. The molecule has 184 valence electrons. The highest BCUT2D eigenvalue weighted by Crippen LogP contribution is 2.35. The van der Waals surface area contributed by atoms with Crippen molar-refractivity contribution in [3.8, 4) is 6.07 Å². The van der Waals surface area contributed by atoms with Crippen molar-refractivity contribution >= 4 is 40.0 Å². The quantitative estimate of drug-likeness (QED) is 0.364. The summed E-state index contributed by atoms with van der Waals surface area (Å²) >= 11 is 13.4. The fraction of sp³-hybridized carbons (Fsp3) is 0.448. The molecule has 0 atom stereocenters. The van der Waals surface area contributed by atoms with E-state index in [1.807, 2.05) is 31.0 Å². The number of aromatic nitrogens is 1. The average molecular weight is 511 g/mol. The Kier molecular flexibility index (Phi) is 7.23. The third-order valence-electron chi connectivity index (χ3n) is 7.17. The predicted molar refractivity (Wildman–Crippen MR) is 144 cm³/mol. The van der Waals surface area contributed by atoms with Gasteiger partial charge in [-0.1, -0.05) is 44.0 Å². The van der Waals surface area contributed by atoms with Crippen molar-refractivity contribution in [2.75, 3.05) is 13.1 Å². The van der Waals surface area contributed by atoms with Crippen LogP contribution in [0.1, 0.15) is 72.8 Å². The first kappa shape index (κ1) is 25.6. The molecule has 2 heterocycles. The summed E-state index contributed by atoms with van der Waals surface area (Å²) < 4.78 is 2.07. The lowest BCUT2D eigenvalue weighted by molar-refractivity contribution is 0.0670. The van der Waals surface area contributed by atoms with Crippen LogP contribution in [0.3, 0.4) is 0 Å². The summed E-state index contributed by atoms with van der Waals surface area (Å²) in [6.45, 7) is 10.4. The lowest BCUT2D eigenvalue weighted by Gasteiger charge is -2.35. The van der Waals surface area contributed by atoms with Gasteiger partial charge in [-0.05, 0) is 79.0 Å². The molecule has 0 bridgehead atoms. The van der Waals surface area contributed by atoms with Crippen LogP contribution in [0.4, 0.5) is 0 Å². The van der Waals surface area contributed by atoms with Gasteiger partial charge in [0.25, 0.3) is 5.91 Å². The Morgan fingerprint density at radius 1 is 1.14 bits per heavy atom. The molecule has 0 spiro atoms. The molecule has 4 rings (SSSR count). The van der Waals surface area contributed by atoms with E-state index < -0.39 is 0 Å². The molecular formula is C29H33Cl2N3O. The van der Waals surface area contributed by atoms with Gasteiger partial charge in [0.2, 0.25) is 0 Å². The van der Waals surface area contributed by atoms with Crippen LogP contribution in [0.25, 0.3) is 10.9 Å². The van der Waals surface area contributed by atoms with Gasteiger partial charge in [0, 0.05) is 48.2 Å². The van der Waals surface area contributed by atoms with Crippen LogP contribution in [0, 0.1) is 29.6 Å². The maximum atomic E-state index is 13.4. The van der Waals surface area contributed by atoms with E-state index in [0.717, 1.165) is 53.7 Å². The van der Waals surface area contributed by atoms with Crippen molar-refractivity contribution in [2.24, 2.45) is 18.4 Å². The molecule has 2 aromatic carbocycles. The number of nitriles is 1. The van der Waals surface area contributed by atoms with Gasteiger partial charge in [0.1, 0.15) is 0 Å². The van der Waals surface area contributed by atoms with Gasteiger partial charge < -0.3 is 9.47 Å². The van der Waals surface area contributed by atoms with Gasteiger partial charge in [0.15, 0.2) is 0 Å². The molecule has 1 fully saturated rings. The predicted octanol–water partition coefficient (Wildman–Crippen LogP) is 7.54.